The summed E-state index contributed by atoms with van der Waals surface area (Å²) in [5.74, 6) is 2.44. The Morgan fingerprint density at radius 3 is 1.00 bits per heavy atom. The van der Waals surface area contributed by atoms with Gasteiger partial charge in [-0.1, -0.05) is 156 Å². The second-order valence-electron chi connectivity index (χ2n) is 15.3. The van der Waals surface area contributed by atoms with E-state index in [-0.39, 0.29) is 49.8 Å². The Labute approximate surface area is 254 Å². The van der Waals surface area contributed by atoms with Crippen LogP contribution < -0.4 is 0 Å². The van der Waals surface area contributed by atoms with Gasteiger partial charge in [-0.15, -0.1) is 0 Å². The molecule has 0 aromatic rings. The van der Waals surface area contributed by atoms with Crippen molar-refractivity contribution in [1.82, 2.24) is 0 Å². The molecule has 0 bridgehead atoms. The van der Waals surface area contributed by atoms with Crippen LogP contribution in [0.2, 0.25) is 23.3 Å². The van der Waals surface area contributed by atoms with E-state index in [9.17, 15) is 4.79 Å². The maximum Gasteiger partial charge on any atom is 0.313 e. The molecule has 234 valence electrons. The maximum absolute atomic E-state index is 13.9. The molecule has 4 rings (SSSR count). The van der Waals surface area contributed by atoms with Gasteiger partial charge in [-0.2, -0.15) is 0 Å². The average molecular weight is 571 g/mol. The molecular weight excluding hydrogens is 506 g/mol. The molecule has 0 aliphatic heterocycles. The molecular formula is C35H64B2O4. The van der Waals surface area contributed by atoms with Crippen molar-refractivity contribution in [3.8, 4) is 0 Å². The van der Waals surface area contributed by atoms with Crippen LogP contribution in [0, 0.1) is 17.8 Å². The van der Waals surface area contributed by atoms with Crippen molar-refractivity contribution in [2.45, 2.75) is 192 Å². The maximum atomic E-state index is 13.9. The van der Waals surface area contributed by atoms with Gasteiger partial charge in [0.2, 0.25) is 0 Å². The number of ether oxygens (including phenoxy) is 1. The molecule has 4 aliphatic rings. The summed E-state index contributed by atoms with van der Waals surface area (Å²) in [6, 6.07) is 0. The lowest BCUT2D eigenvalue weighted by atomic mass is 9.41. The topological polar surface area (TPSA) is 44.8 Å². The Morgan fingerprint density at radius 1 is 0.512 bits per heavy atom. The third-order valence-electron chi connectivity index (χ3n) is 11.6. The van der Waals surface area contributed by atoms with Crippen LogP contribution in [0.4, 0.5) is 0 Å². The van der Waals surface area contributed by atoms with Crippen molar-refractivity contribution in [2.75, 3.05) is 7.11 Å². The Bertz CT molecular complexity index is 646. The summed E-state index contributed by atoms with van der Waals surface area (Å²) in [6.07, 6.45) is 25.9. The van der Waals surface area contributed by atoms with E-state index in [0.717, 1.165) is 0 Å². The molecule has 6 heteroatoms. The first-order valence-corrected chi connectivity index (χ1v) is 18.3. The molecule has 41 heavy (non-hydrogen) atoms. The molecule has 0 heterocycles. The van der Waals surface area contributed by atoms with Crippen molar-refractivity contribution in [3.05, 3.63) is 0 Å². The highest BCUT2D eigenvalue weighted by molar-refractivity contribution is 6.56. The van der Waals surface area contributed by atoms with E-state index in [1.807, 2.05) is 0 Å². The largest absolute Gasteiger partial charge is 0.469 e. The Hall–Kier alpha value is -0.480. The zero-order chi connectivity index (χ0) is 29.2. The van der Waals surface area contributed by atoms with Crippen molar-refractivity contribution in [1.29, 1.82) is 0 Å². The normalized spacial score (nSPS) is 24.1. The fourth-order valence-electron chi connectivity index (χ4n) is 9.33. The standard InChI is InChI=1S/C35H64B2O4/c1-26(2)33(40-36(28-18-10-6-11-19-28)29-20-12-7-13-21-29)32(35(38)39-5)34(27(3)4)41-37(30-22-14-8-15-23-30)31-24-16-9-17-25-31/h26-34H,6-25H2,1-5H3/t33-,34-/m0/s1. The van der Waals surface area contributed by atoms with Crippen LogP contribution in [0.1, 0.15) is 156 Å². The van der Waals surface area contributed by atoms with E-state index < -0.39 is 0 Å². The predicted octanol–water partition coefficient (Wildman–Crippen LogP) is 10.2. The van der Waals surface area contributed by atoms with Gasteiger partial charge in [0.05, 0.1) is 19.3 Å². The second-order valence-corrected chi connectivity index (χ2v) is 15.3. The minimum absolute atomic E-state index is 0.125. The van der Waals surface area contributed by atoms with Gasteiger partial charge in [0.25, 0.3) is 13.8 Å². The van der Waals surface area contributed by atoms with Gasteiger partial charge in [0.1, 0.15) is 5.92 Å². The monoisotopic (exact) mass is 570 g/mol. The van der Waals surface area contributed by atoms with E-state index in [4.69, 9.17) is 14.0 Å². The molecule has 0 saturated heterocycles. The van der Waals surface area contributed by atoms with Gasteiger partial charge in [-0.05, 0) is 35.1 Å². The molecule has 0 aromatic heterocycles. The molecule has 4 fully saturated rings. The number of hydrogen-bond acceptors (Lipinski definition) is 4. The lowest BCUT2D eigenvalue weighted by molar-refractivity contribution is -0.157. The Balaban J connectivity index is 1.63. The number of esters is 1. The summed E-state index contributed by atoms with van der Waals surface area (Å²) >= 11 is 0. The molecule has 0 unspecified atom stereocenters. The van der Waals surface area contributed by atoms with Crippen molar-refractivity contribution in [2.24, 2.45) is 17.8 Å². The highest BCUT2D eigenvalue weighted by Gasteiger charge is 2.48. The lowest BCUT2D eigenvalue weighted by Gasteiger charge is -2.44. The fraction of sp³-hybridized carbons (Fsp3) is 0.971. The number of rotatable bonds is 13. The van der Waals surface area contributed by atoms with Crippen LogP contribution >= 0.6 is 0 Å². The van der Waals surface area contributed by atoms with Crippen LogP contribution in [0.15, 0.2) is 0 Å². The smallest absolute Gasteiger partial charge is 0.313 e. The SMILES string of the molecule is COC(=O)C([C@@H](OB(C1CCCCC1)C1CCCCC1)C(C)C)[C@@H](OB(C1CCCCC1)C1CCCCC1)C(C)C. The summed E-state index contributed by atoms with van der Waals surface area (Å²) in [6.45, 7) is 9.56. The third kappa shape index (κ3) is 9.26. The summed E-state index contributed by atoms with van der Waals surface area (Å²) in [7, 11) is 1.57. The Kier molecular flexibility index (Phi) is 14.0. The molecule has 0 spiro atoms. The van der Waals surface area contributed by atoms with E-state index in [1.165, 1.54) is 128 Å². The molecule has 4 aliphatic carbocycles. The minimum atomic E-state index is -0.385. The van der Waals surface area contributed by atoms with Gasteiger partial charge in [0.15, 0.2) is 0 Å². The average Bonchev–Trinajstić information content (AvgIpc) is 3.01. The van der Waals surface area contributed by atoms with E-state index in [2.05, 4.69) is 27.7 Å². The van der Waals surface area contributed by atoms with Crippen molar-refractivity contribution < 1.29 is 18.8 Å². The molecule has 2 atom stereocenters. The zero-order valence-electron chi connectivity index (χ0n) is 27.6. The number of hydrogen-bond donors (Lipinski definition) is 0. The van der Waals surface area contributed by atoms with Gasteiger partial charge in [-0.25, -0.2) is 0 Å². The molecule has 0 N–H and O–H groups in total. The van der Waals surface area contributed by atoms with Gasteiger partial charge >= 0.3 is 5.97 Å². The quantitative estimate of drug-likeness (QED) is 0.163. The molecule has 0 radical (unpaired) electrons. The number of carbonyl (C=O) groups excluding carboxylic acids is 1. The molecule has 0 amide bonds. The van der Waals surface area contributed by atoms with Crippen molar-refractivity contribution >= 4 is 19.8 Å². The molecule has 4 nitrogen and oxygen atoms in total. The summed E-state index contributed by atoms with van der Waals surface area (Å²) < 4.78 is 20.4. The molecule has 0 aromatic carbocycles. The first kappa shape index (κ1) is 33.4. The minimum Gasteiger partial charge on any atom is -0.469 e. The lowest BCUT2D eigenvalue weighted by Crippen LogP contribution is -2.52. The van der Waals surface area contributed by atoms with Crippen LogP contribution in [-0.2, 0) is 18.8 Å². The van der Waals surface area contributed by atoms with E-state index in [1.54, 1.807) is 7.11 Å². The van der Waals surface area contributed by atoms with Gasteiger partial charge in [-0.3, -0.25) is 4.79 Å². The van der Waals surface area contributed by atoms with Crippen molar-refractivity contribution in [3.63, 3.8) is 0 Å². The molecule has 4 saturated carbocycles. The van der Waals surface area contributed by atoms with Crippen LogP contribution in [0.5, 0.6) is 0 Å². The van der Waals surface area contributed by atoms with Crippen LogP contribution in [0.3, 0.4) is 0 Å². The summed E-state index contributed by atoms with van der Waals surface area (Å²) in [5, 5.41) is 0. The number of carbonyl (C=O) groups is 1. The first-order valence-electron chi connectivity index (χ1n) is 18.3. The number of methoxy groups -OCH3 is 1. The third-order valence-corrected chi connectivity index (χ3v) is 11.6. The van der Waals surface area contributed by atoms with Gasteiger partial charge < -0.3 is 14.0 Å². The highest BCUT2D eigenvalue weighted by atomic mass is 16.5. The predicted molar refractivity (Wildman–Crippen MR) is 174 cm³/mol. The highest BCUT2D eigenvalue weighted by Crippen LogP contribution is 2.46. The summed E-state index contributed by atoms with van der Waals surface area (Å²) in [5.41, 5.74) is 0. The first-order chi connectivity index (χ1) is 19.9. The summed E-state index contributed by atoms with van der Waals surface area (Å²) in [4.78, 5) is 13.9. The van der Waals surface area contributed by atoms with Crippen LogP contribution in [-0.4, -0.2) is 39.1 Å². The second kappa shape index (κ2) is 17.1. The van der Waals surface area contributed by atoms with Gasteiger partial charge in [0, 0.05) is 0 Å². The fourth-order valence-corrected chi connectivity index (χ4v) is 9.33. The zero-order valence-corrected chi connectivity index (χ0v) is 27.6. The van der Waals surface area contributed by atoms with Crippen LogP contribution in [0.25, 0.3) is 0 Å². The van der Waals surface area contributed by atoms with E-state index >= 15 is 0 Å². The Morgan fingerprint density at radius 2 is 0.780 bits per heavy atom. The van der Waals surface area contributed by atoms with E-state index in [0.29, 0.717) is 23.3 Å².